The van der Waals surface area contributed by atoms with E-state index in [-0.39, 0.29) is 0 Å². The summed E-state index contributed by atoms with van der Waals surface area (Å²) in [5.41, 5.74) is 10.6. The van der Waals surface area contributed by atoms with E-state index in [0.717, 1.165) is 77.3 Å². The normalized spacial score (nSPS) is 11.5. The molecule has 0 spiro atoms. The lowest BCUT2D eigenvalue weighted by atomic mass is 9.86. The number of hydrogen-bond donors (Lipinski definition) is 0. The average Bonchev–Trinajstić information content (AvgIpc) is 3.58. The molecule has 6 aromatic carbocycles. The summed E-state index contributed by atoms with van der Waals surface area (Å²) < 4.78 is 12.3. The maximum Gasteiger partial charge on any atom is 0.135 e. The van der Waals surface area contributed by atoms with Crippen LogP contribution in [0.3, 0.4) is 0 Å². The minimum atomic E-state index is 0.636. The van der Waals surface area contributed by atoms with Crippen LogP contribution in [0.4, 0.5) is 0 Å². The number of furan rings is 2. The number of benzene rings is 6. The first-order valence-corrected chi connectivity index (χ1v) is 13.2. The van der Waals surface area contributed by atoms with Crippen molar-refractivity contribution in [1.29, 1.82) is 5.26 Å². The van der Waals surface area contributed by atoms with Crippen LogP contribution in [-0.2, 0) is 0 Å². The molecule has 3 nitrogen and oxygen atoms in total. The van der Waals surface area contributed by atoms with Crippen molar-refractivity contribution in [2.24, 2.45) is 0 Å². The molecule has 0 unspecified atom stereocenters. The fourth-order valence-electron chi connectivity index (χ4n) is 5.88. The quantitative estimate of drug-likeness (QED) is 0.237. The summed E-state index contributed by atoms with van der Waals surface area (Å²) in [4.78, 5) is 0. The van der Waals surface area contributed by atoms with Crippen molar-refractivity contribution in [2.75, 3.05) is 0 Å². The molecular formula is C37H21NO2. The van der Waals surface area contributed by atoms with Gasteiger partial charge in [-0.15, -0.1) is 0 Å². The summed E-state index contributed by atoms with van der Waals surface area (Å²) >= 11 is 0. The van der Waals surface area contributed by atoms with E-state index in [9.17, 15) is 5.26 Å². The van der Waals surface area contributed by atoms with Gasteiger partial charge in [0.25, 0.3) is 0 Å². The fourth-order valence-corrected chi connectivity index (χ4v) is 5.88. The number of para-hydroxylation sites is 2. The lowest BCUT2D eigenvalue weighted by Crippen LogP contribution is -1.91. The minimum absolute atomic E-state index is 0.636. The molecule has 0 radical (unpaired) electrons. The summed E-state index contributed by atoms with van der Waals surface area (Å²) in [5, 5.41) is 14.0. The molecule has 186 valence electrons. The van der Waals surface area contributed by atoms with Crippen molar-refractivity contribution in [3.63, 3.8) is 0 Å². The van der Waals surface area contributed by atoms with Gasteiger partial charge < -0.3 is 8.83 Å². The summed E-state index contributed by atoms with van der Waals surface area (Å²) in [5.74, 6) is 0. The molecule has 0 aliphatic carbocycles. The van der Waals surface area contributed by atoms with Gasteiger partial charge in [-0.2, -0.15) is 5.26 Å². The van der Waals surface area contributed by atoms with Gasteiger partial charge in [0, 0.05) is 21.5 Å². The smallest absolute Gasteiger partial charge is 0.135 e. The standard InChI is InChI=1S/C37H21NO2/c38-22-23-7-5-8-24(19-23)27-11-6-12-28(25-15-17-35-31(20-25)29-9-1-3-13-33(29)39-35)37(27)26-16-18-36-32(21-26)30-10-2-4-14-34(30)40-36/h1-21H. The third-order valence-corrected chi connectivity index (χ3v) is 7.72. The van der Waals surface area contributed by atoms with E-state index >= 15 is 0 Å². The minimum Gasteiger partial charge on any atom is -0.456 e. The van der Waals surface area contributed by atoms with Gasteiger partial charge in [0.05, 0.1) is 11.6 Å². The molecule has 3 heteroatoms. The fraction of sp³-hybridized carbons (Fsp3) is 0. The highest BCUT2D eigenvalue weighted by molar-refractivity contribution is 6.09. The van der Waals surface area contributed by atoms with Crippen molar-refractivity contribution in [1.82, 2.24) is 0 Å². The first-order valence-electron chi connectivity index (χ1n) is 13.2. The second-order valence-corrected chi connectivity index (χ2v) is 10.0. The third kappa shape index (κ3) is 3.44. The lowest BCUT2D eigenvalue weighted by molar-refractivity contribution is 0.668. The zero-order valence-electron chi connectivity index (χ0n) is 21.4. The Morgan fingerprint density at radius 3 is 1.60 bits per heavy atom. The summed E-state index contributed by atoms with van der Waals surface area (Å²) in [6.45, 7) is 0. The van der Waals surface area contributed by atoms with Crippen molar-refractivity contribution in [2.45, 2.75) is 0 Å². The highest BCUT2D eigenvalue weighted by Crippen LogP contribution is 2.43. The van der Waals surface area contributed by atoms with Gasteiger partial charge in [0.15, 0.2) is 0 Å². The van der Waals surface area contributed by atoms with Gasteiger partial charge in [-0.1, -0.05) is 78.9 Å². The van der Waals surface area contributed by atoms with Gasteiger partial charge >= 0.3 is 0 Å². The molecule has 0 aliphatic rings. The van der Waals surface area contributed by atoms with Gasteiger partial charge in [0.1, 0.15) is 22.3 Å². The first-order chi connectivity index (χ1) is 19.8. The average molecular weight is 512 g/mol. The Morgan fingerprint density at radius 2 is 0.950 bits per heavy atom. The van der Waals surface area contributed by atoms with E-state index in [1.807, 2.05) is 54.6 Å². The van der Waals surface area contributed by atoms with Crippen LogP contribution in [0.1, 0.15) is 5.56 Å². The van der Waals surface area contributed by atoms with Crippen LogP contribution in [-0.4, -0.2) is 0 Å². The lowest BCUT2D eigenvalue weighted by Gasteiger charge is -2.17. The molecule has 0 amide bonds. The topological polar surface area (TPSA) is 50.1 Å². The molecule has 0 saturated carbocycles. The molecular weight excluding hydrogens is 490 g/mol. The number of fused-ring (bicyclic) bond motifs is 6. The SMILES string of the molecule is N#Cc1cccc(-c2cccc(-c3ccc4oc5ccccc5c4c3)c2-c2ccc3oc4ccccc4c3c2)c1. The Morgan fingerprint density at radius 1 is 0.425 bits per heavy atom. The molecule has 0 fully saturated rings. The summed E-state index contributed by atoms with van der Waals surface area (Å²) in [7, 11) is 0. The van der Waals surface area contributed by atoms with Crippen molar-refractivity contribution >= 4 is 43.9 Å². The molecule has 0 N–H and O–H groups in total. The van der Waals surface area contributed by atoms with E-state index in [1.165, 1.54) is 0 Å². The monoisotopic (exact) mass is 511 g/mol. The van der Waals surface area contributed by atoms with E-state index in [1.54, 1.807) is 0 Å². The predicted octanol–water partition coefficient (Wildman–Crippen LogP) is 10.4. The Balaban J connectivity index is 1.43. The molecule has 0 atom stereocenters. The third-order valence-electron chi connectivity index (χ3n) is 7.72. The van der Waals surface area contributed by atoms with E-state index in [2.05, 4.69) is 78.9 Å². The summed E-state index contributed by atoms with van der Waals surface area (Å²) in [6.07, 6.45) is 0. The van der Waals surface area contributed by atoms with E-state index in [4.69, 9.17) is 8.83 Å². The Kier molecular flexibility index (Phi) is 4.89. The van der Waals surface area contributed by atoms with Crippen LogP contribution in [0.25, 0.3) is 77.3 Å². The molecule has 2 heterocycles. The predicted molar refractivity (Wildman–Crippen MR) is 162 cm³/mol. The largest absolute Gasteiger partial charge is 0.456 e. The first kappa shape index (κ1) is 22.4. The number of rotatable bonds is 3. The molecule has 8 aromatic rings. The number of hydrogen-bond acceptors (Lipinski definition) is 3. The van der Waals surface area contributed by atoms with Crippen molar-refractivity contribution in [3.05, 3.63) is 133 Å². The Hall–Kier alpha value is -5.59. The Bertz CT molecular complexity index is 2290. The van der Waals surface area contributed by atoms with Crippen LogP contribution >= 0.6 is 0 Å². The molecule has 0 aliphatic heterocycles. The number of nitrogens with zero attached hydrogens (tertiary/aromatic N) is 1. The highest BCUT2D eigenvalue weighted by Gasteiger charge is 2.18. The van der Waals surface area contributed by atoms with Crippen LogP contribution < -0.4 is 0 Å². The molecule has 8 rings (SSSR count). The van der Waals surface area contributed by atoms with Gasteiger partial charge in [-0.3, -0.25) is 0 Å². The van der Waals surface area contributed by atoms with Crippen LogP contribution in [0.5, 0.6) is 0 Å². The van der Waals surface area contributed by atoms with E-state index < -0.39 is 0 Å². The Labute approximate surface area is 230 Å². The maximum atomic E-state index is 9.62. The van der Waals surface area contributed by atoms with Crippen molar-refractivity contribution in [3.8, 4) is 39.4 Å². The highest BCUT2D eigenvalue weighted by atomic mass is 16.3. The second-order valence-electron chi connectivity index (χ2n) is 10.0. The van der Waals surface area contributed by atoms with Gasteiger partial charge in [-0.25, -0.2) is 0 Å². The van der Waals surface area contributed by atoms with Gasteiger partial charge in [0.2, 0.25) is 0 Å². The maximum absolute atomic E-state index is 9.62. The molecule has 40 heavy (non-hydrogen) atoms. The van der Waals surface area contributed by atoms with Gasteiger partial charge in [-0.05, 0) is 81.9 Å². The van der Waals surface area contributed by atoms with E-state index in [0.29, 0.717) is 5.56 Å². The molecule has 2 aromatic heterocycles. The zero-order chi connectivity index (χ0) is 26.6. The molecule has 0 saturated heterocycles. The van der Waals surface area contributed by atoms with Crippen molar-refractivity contribution < 1.29 is 8.83 Å². The zero-order valence-corrected chi connectivity index (χ0v) is 21.4. The molecule has 0 bridgehead atoms. The van der Waals surface area contributed by atoms with Crippen LogP contribution in [0.15, 0.2) is 136 Å². The number of nitriles is 1. The second kappa shape index (κ2) is 8.73. The van der Waals surface area contributed by atoms with Crippen LogP contribution in [0.2, 0.25) is 0 Å². The summed E-state index contributed by atoms with van der Waals surface area (Å²) in [6, 6.07) is 45.7. The van der Waals surface area contributed by atoms with Crippen LogP contribution in [0, 0.1) is 11.3 Å².